The Morgan fingerprint density at radius 1 is 1.29 bits per heavy atom. The van der Waals surface area contributed by atoms with E-state index in [1.165, 1.54) is 6.07 Å². The summed E-state index contributed by atoms with van der Waals surface area (Å²) in [6.07, 6.45) is -3.96. The molecule has 0 aromatic heterocycles. The van der Waals surface area contributed by atoms with E-state index in [0.717, 1.165) is 12.1 Å². The summed E-state index contributed by atoms with van der Waals surface area (Å²) in [5, 5.41) is -0.0170. The summed E-state index contributed by atoms with van der Waals surface area (Å²) in [6, 6.07) is 3.08. The lowest BCUT2D eigenvalue weighted by atomic mass is 10.1. The molecule has 0 radical (unpaired) electrons. The van der Waals surface area contributed by atoms with Gasteiger partial charge in [-0.3, -0.25) is 0 Å². The number of hydrogen-bond donors (Lipinski definition) is 0. The second kappa shape index (κ2) is 4.00. The maximum atomic E-state index is 12.2. The third-order valence-electron chi connectivity index (χ3n) is 1.60. The van der Waals surface area contributed by atoms with Gasteiger partial charge in [0.25, 0.3) is 0 Å². The molecule has 76 valence electrons. The van der Waals surface area contributed by atoms with Gasteiger partial charge in [-0.05, 0) is 23.8 Å². The normalized spacial score (nSPS) is 11.4. The fraction of sp³-hybridized carbons (Fsp3) is 0.222. The average Bonchev–Trinajstić information content (AvgIpc) is 2.02. The number of aldehydes is 1. The summed E-state index contributed by atoms with van der Waals surface area (Å²) >= 11 is 5.48. The molecule has 0 saturated carbocycles. The number of benzene rings is 1. The topological polar surface area (TPSA) is 17.1 Å². The van der Waals surface area contributed by atoms with Crippen LogP contribution >= 0.6 is 11.6 Å². The van der Waals surface area contributed by atoms with Crippen LogP contribution in [0.3, 0.4) is 0 Å². The lowest BCUT2D eigenvalue weighted by molar-refractivity contribution is -0.137. The molecule has 0 fully saturated rings. The van der Waals surface area contributed by atoms with Crippen LogP contribution < -0.4 is 0 Å². The van der Waals surface area contributed by atoms with Crippen LogP contribution in [0, 0.1) is 0 Å². The highest BCUT2D eigenvalue weighted by Gasteiger charge is 2.30. The van der Waals surface area contributed by atoms with E-state index in [1.54, 1.807) is 0 Å². The summed E-state index contributed by atoms with van der Waals surface area (Å²) in [6.45, 7) is 0. The highest BCUT2D eigenvalue weighted by molar-refractivity contribution is 6.30. The Bertz CT molecular complexity index is 346. The maximum absolute atomic E-state index is 12.2. The molecular formula is C9H6ClF3O. The molecule has 0 unspecified atom stereocenters. The van der Waals surface area contributed by atoms with E-state index in [0.29, 0.717) is 6.29 Å². The van der Waals surface area contributed by atoms with Crippen molar-refractivity contribution in [2.45, 2.75) is 12.6 Å². The lowest BCUT2D eigenvalue weighted by Crippen LogP contribution is -2.05. The second-order valence-electron chi connectivity index (χ2n) is 2.72. The largest absolute Gasteiger partial charge is 0.416 e. The summed E-state index contributed by atoms with van der Waals surface area (Å²) in [5.74, 6) is 0. The Morgan fingerprint density at radius 2 is 1.93 bits per heavy atom. The molecule has 14 heavy (non-hydrogen) atoms. The number of alkyl halides is 3. The molecule has 0 amide bonds. The molecular weight excluding hydrogens is 217 g/mol. The molecule has 1 aromatic carbocycles. The highest BCUT2D eigenvalue weighted by atomic mass is 35.5. The Labute approximate surface area is 83.5 Å². The zero-order valence-electron chi connectivity index (χ0n) is 6.94. The van der Waals surface area contributed by atoms with Crippen molar-refractivity contribution in [1.29, 1.82) is 0 Å². The van der Waals surface area contributed by atoms with Crippen LogP contribution in [0.4, 0.5) is 13.2 Å². The molecule has 0 spiro atoms. The molecule has 0 aliphatic rings. The van der Waals surface area contributed by atoms with Gasteiger partial charge in [-0.1, -0.05) is 11.6 Å². The third-order valence-corrected chi connectivity index (χ3v) is 1.82. The summed E-state index contributed by atoms with van der Waals surface area (Å²) in [7, 11) is 0. The molecule has 1 rings (SSSR count). The predicted octanol–water partition coefficient (Wildman–Crippen LogP) is 3.10. The molecule has 0 aliphatic carbocycles. The van der Waals surface area contributed by atoms with Crippen LogP contribution in [0.25, 0.3) is 0 Å². The van der Waals surface area contributed by atoms with E-state index in [4.69, 9.17) is 11.6 Å². The Hall–Kier alpha value is -1.03. The number of hydrogen-bond acceptors (Lipinski definition) is 1. The van der Waals surface area contributed by atoms with Crippen molar-refractivity contribution in [3.8, 4) is 0 Å². The van der Waals surface area contributed by atoms with Gasteiger partial charge in [0.2, 0.25) is 0 Å². The van der Waals surface area contributed by atoms with Crippen LogP contribution in [-0.2, 0) is 17.4 Å². The quantitative estimate of drug-likeness (QED) is 0.703. The van der Waals surface area contributed by atoms with Crippen molar-refractivity contribution in [3.63, 3.8) is 0 Å². The van der Waals surface area contributed by atoms with E-state index in [1.807, 2.05) is 0 Å². The number of carbonyl (C=O) groups excluding carboxylic acids is 1. The first-order valence-corrected chi connectivity index (χ1v) is 4.11. The SMILES string of the molecule is O=CCc1cc(Cl)cc(C(F)(F)F)c1. The van der Waals surface area contributed by atoms with Gasteiger partial charge in [-0.25, -0.2) is 0 Å². The molecule has 0 saturated heterocycles. The number of halogens is 4. The average molecular weight is 223 g/mol. The minimum Gasteiger partial charge on any atom is -0.303 e. The number of carbonyl (C=O) groups is 1. The zero-order valence-corrected chi connectivity index (χ0v) is 7.69. The van der Waals surface area contributed by atoms with E-state index in [-0.39, 0.29) is 17.0 Å². The van der Waals surface area contributed by atoms with Gasteiger partial charge in [0, 0.05) is 11.4 Å². The van der Waals surface area contributed by atoms with Crippen molar-refractivity contribution in [2.75, 3.05) is 0 Å². The van der Waals surface area contributed by atoms with Gasteiger partial charge in [-0.15, -0.1) is 0 Å². The van der Waals surface area contributed by atoms with Crippen LogP contribution in [-0.4, -0.2) is 6.29 Å². The van der Waals surface area contributed by atoms with Gasteiger partial charge >= 0.3 is 6.18 Å². The molecule has 0 heterocycles. The van der Waals surface area contributed by atoms with Crippen molar-refractivity contribution in [2.24, 2.45) is 0 Å². The molecule has 0 atom stereocenters. The Kier molecular flexibility index (Phi) is 3.16. The molecule has 0 aliphatic heterocycles. The fourth-order valence-corrected chi connectivity index (χ4v) is 1.29. The smallest absolute Gasteiger partial charge is 0.303 e. The van der Waals surface area contributed by atoms with E-state index < -0.39 is 11.7 Å². The van der Waals surface area contributed by atoms with E-state index >= 15 is 0 Å². The van der Waals surface area contributed by atoms with Gasteiger partial charge in [0.05, 0.1) is 5.56 Å². The molecule has 0 N–H and O–H groups in total. The minimum atomic E-state index is -4.43. The van der Waals surface area contributed by atoms with Crippen LogP contribution in [0.5, 0.6) is 0 Å². The second-order valence-corrected chi connectivity index (χ2v) is 3.15. The van der Waals surface area contributed by atoms with Crippen molar-refractivity contribution < 1.29 is 18.0 Å². The summed E-state index contributed by atoms with van der Waals surface area (Å²) in [5.41, 5.74) is -0.568. The zero-order chi connectivity index (χ0) is 10.8. The van der Waals surface area contributed by atoms with E-state index in [9.17, 15) is 18.0 Å². The fourth-order valence-electron chi connectivity index (χ4n) is 1.03. The Morgan fingerprint density at radius 3 is 2.43 bits per heavy atom. The van der Waals surface area contributed by atoms with Crippen molar-refractivity contribution in [1.82, 2.24) is 0 Å². The van der Waals surface area contributed by atoms with Gasteiger partial charge in [0.1, 0.15) is 6.29 Å². The van der Waals surface area contributed by atoms with Gasteiger partial charge in [-0.2, -0.15) is 13.2 Å². The molecule has 5 heteroatoms. The number of rotatable bonds is 2. The maximum Gasteiger partial charge on any atom is 0.416 e. The minimum absolute atomic E-state index is 0.0170. The van der Waals surface area contributed by atoms with Crippen LogP contribution in [0.2, 0.25) is 5.02 Å². The van der Waals surface area contributed by atoms with Gasteiger partial charge in [0.15, 0.2) is 0 Å². The standard InChI is InChI=1S/C9H6ClF3O/c10-8-4-6(1-2-14)3-7(5-8)9(11,12)13/h2-5H,1H2. The molecule has 1 nitrogen and oxygen atoms in total. The first kappa shape index (κ1) is 11.0. The van der Waals surface area contributed by atoms with Gasteiger partial charge < -0.3 is 4.79 Å². The van der Waals surface area contributed by atoms with Crippen LogP contribution in [0.1, 0.15) is 11.1 Å². The Balaban J connectivity index is 3.13. The summed E-state index contributed by atoms with van der Waals surface area (Å²) < 4.78 is 36.7. The summed E-state index contributed by atoms with van der Waals surface area (Å²) in [4.78, 5) is 10.1. The lowest BCUT2D eigenvalue weighted by Gasteiger charge is -2.08. The monoisotopic (exact) mass is 222 g/mol. The predicted molar refractivity (Wildman–Crippen MR) is 46.2 cm³/mol. The molecule has 0 bridgehead atoms. The first-order valence-electron chi connectivity index (χ1n) is 3.74. The van der Waals surface area contributed by atoms with Crippen LogP contribution in [0.15, 0.2) is 18.2 Å². The molecule has 1 aromatic rings. The van der Waals surface area contributed by atoms with E-state index in [2.05, 4.69) is 0 Å². The van der Waals surface area contributed by atoms with Crippen molar-refractivity contribution >= 4 is 17.9 Å². The third kappa shape index (κ3) is 2.73. The van der Waals surface area contributed by atoms with Crippen molar-refractivity contribution in [3.05, 3.63) is 34.3 Å². The highest BCUT2D eigenvalue weighted by Crippen LogP contribution is 2.31. The first-order chi connectivity index (χ1) is 6.43.